The summed E-state index contributed by atoms with van der Waals surface area (Å²) in [4.78, 5) is 15.7. The molecule has 0 spiro atoms. The normalized spacial score (nSPS) is 24.7. The van der Waals surface area contributed by atoms with E-state index in [1.165, 1.54) is 0 Å². The van der Waals surface area contributed by atoms with Gasteiger partial charge in [-0.05, 0) is 56.2 Å². The van der Waals surface area contributed by atoms with Gasteiger partial charge in [-0.2, -0.15) is 5.26 Å². The number of hydrogen-bond acceptors (Lipinski definition) is 3. The molecule has 2 aliphatic heterocycles. The lowest BCUT2D eigenvalue weighted by Crippen LogP contribution is -2.52. The van der Waals surface area contributed by atoms with E-state index in [0.717, 1.165) is 47.9 Å². The lowest BCUT2D eigenvalue weighted by molar-refractivity contribution is 0.0814. The summed E-state index contributed by atoms with van der Waals surface area (Å²) in [6, 6.07) is 18.9. The topological polar surface area (TPSA) is 56.1 Å². The van der Waals surface area contributed by atoms with Crippen molar-refractivity contribution in [1.29, 1.82) is 5.26 Å². The first-order valence-electron chi connectivity index (χ1n) is 10.1. The number of aryl methyl sites for hydroxylation is 2. The summed E-state index contributed by atoms with van der Waals surface area (Å²) in [5.41, 5.74) is 3.69. The first-order chi connectivity index (χ1) is 13.6. The van der Waals surface area contributed by atoms with Crippen LogP contribution >= 0.6 is 0 Å². The summed E-state index contributed by atoms with van der Waals surface area (Å²) in [5.74, 6) is -0.0221. The number of amides is 1. The summed E-state index contributed by atoms with van der Waals surface area (Å²) in [7, 11) is 0. The zero-order valence-electron chi connectivity index (χ0n) is 16.6. The van der Waals surface area contributed by atoms with Gasteiger partial charge >= 0.3 is 0 Å². The Kier molecular flexibility index (Phi) is 4.95. The SMILES string of the molecule is Cc1cccc(C)c1C(=O)N[C@H](c1ccccc1)C12CCC(CC1)N2CC#N. The maximum Gasteiger partial charge on any atom is 0.252 e. The number of nitrogens with one attached hydrogen (secondary N) is 1. The van der Waals surface area contributed by atoms with Gasteiger partial charge in [0.15, 0.2) is 0 Å². The van der Waals surface area contributed by atoms with Crippen LogP contribution < -0.4 is 5.32 Å². The minimum absolute atomic E-state index is 0.0221. The van der Waals surface area contributed by atoms with Gasteiger partial charge in [0.05, 0.1) is 18.7 Å². The number of hydrogen-bond donors (Lipinski definition) is 1. The second-order valence-electron chi connectivity index (χ2n) is 8.20. The zero-order valence-corrected chi connectivity index (χ0v) is 16.6. The number of carbonyl (C=O) groups excluding carboxylic acids is 1. The van der Waals surface area contributed by atoms with Crippen LogP contribution in [0.25, 0.3) is 0 Å². The molecule has 0 saturated carbocycles. The Labute approximate surface area is 167 Å². The van der Waals surface area contributed by atoms with Crippen molar-refractivity contribution in [2.24, 2.45) is 0 Å². The van der Waals surface area contributed by atoms with Gasteiger partial charge < -0.3 is 5.32 Å². The van der Waals surface area contributed by atoms with Crippen molar-refractivity contribution in [3.05, 3.63) is 70.8 Å². The molecule has 4 rings (SSSR count). The monoisotopic (exact) mass is 373 g/mol. The quantitative estimate of drug-likeness (QED) is 0.795. The van der Waals surface area contributed by atoms with Gasteiger partial charge in [0.25, 0.3) is 5.91 Å². The number of fused-ring (bicyclic) bond motifs is 2. The van der Waals surface area contributed by atoms with Gasteiger partial charge in [-0.15, -0.1) is 0 Å². The lowest BCUT2D eigenvalue weighted by Gasteiger charge is -2.41. The average Bonchev–Trinajstić information content (AvgIpc) is 3.22. The van der Waals surface area contributed by atoms with Crippen LogP contribution in [0.4, 0.5) is 0 Å². The molecule has 4 nitrogen and oxygen atoms in total. The van der Waals surface area contributed by atoms with Crippen LogP contribution in [0.15, 0.2) is 48.5 Å². The third-order valence-electron chi connectivity index (χ3n) is 6.73. The fourth-order valence-corrected chi connectivity index (χ4v) is 5.43. The van der Waals surface area contributed by atoms with Crippen LogP contribution in [0.2, 0.25) is 0 Å². The zero-order chi connectivity index (χ0) is 19.7. The molecule has 28 heavy (non-hydrogen) atoms. The molecule has 0 aromatic heterocycles. The highest BCUT2D eigenvalue weighted by Gasteiger charge is 2.56. The molecule has 2 aromatic carbocycles. The van der Waals surface area contributed by atoms with E-state index in [2.05, 4.69) is 28.4 Å². The Balaban J connectivity index is 1.74. The van der Waals surface area contributed by atoms with Crippen molar-refractivity contribution in [1.82, 2.24) is 10.2 Å². The van der Waals surface area contributed by atoms with Crippen molar-refractivity contribution in [2.75, 3.05) is 6.54 Å². The Hall–Kier alpha value is -2.64. The van der Waals surface area contributed by atoms with Crippen LogP contribution in [0.5, 0.6) is 0 Å². The maximum atomic E-state index is 13.4. The fourth-order valence-electron chi connectivity index (χ4n) is 5.43. The predicted molar refractivity (Wildman–Crippen MR) is 110 cm³/mol. The second kappa shape index (κ2) is 7.41. The summed E-state index contributed by atoms with van der Waals surface area (Å²) in [6.45, 7) is 4.40. The molecule has 2 fully saturated rings. The molecule has 1 atom stereocenters. The number of nitriles is 1. The Morgan fingerprint density at radius 2 is 1.79 bits per heavy atom. The van der Waals surface area contributed by atoms with Crippen LogP contribution in [0.3, 0.4) is 0 Å². The van der Waals surface area contributed by atoms with Crippen LogP contribution in [-0.2, 0) is 0 Å². The third-order valence-corrected chi connectivity index (χ3v) is 6.73. The van der Waals surface area contributed by atoms with E-state index in [1.54, 1.807) is 0 Å². The van der Waals surface area contributed by atoms with Crippen molar-refractivity contribution < 1.29 is 4.79 Å². The number of nitrogens with zero attached hydrogens (tertiary/aromatic N) is 2. The van der Waals surface area contributed by atoms with Gasteiger partial charge in [-0.3, -0.25) is 9.69 Å². The molecule has 1 amide bonds. The van der Waals surface area contributed by atoms with Crippen molar-refractivity contribution in [2.45, 2.75) is 57.2 Å². The van der Waals surface area contributed by atoms with Crippen LogP contribution in [-0.4, -0.2) is 28.9 Å². The Morgan fingerprint density at radius 3 is 2.39 bits per heavy atom. The number of benzene rings is 2. The first kappa shape index (κ1) is 18.7. The first-order valence-corrected chi connectivity index (χ1v) is 10.1. The Morgan fingerprint density at radius 1 is 1.14 bits per heavy atom. The van der Waals surface area contributed by atoms with Crippen molar-refractivity contribution in [3.63, 3.8) is 0 Å². The molecule has 0 unspecified atom stereocenters. The van der Waals surface area contributed by atoms with E-state index in [-0.39, 0.29) is 17.5 Å². The van der Waals surface area contributed by atoms with Gasteiger partial charge in [-0.25, -0.2) is 0 Å². The smallest absolute Gasteiger partial charge is 0.252 e. The van der Waals surface area contributed by atoms with E-state index < -0.39 is 0 Å². The molecule has 4 heteroatoms. The molecule has 144 valence electrons. The Bertz CT molecular complexity index is 887. The van der Waals surface area contributed by atoms with E-state index in [1.807, 2.05) is 50.2 Å². The summed E-state index contributed by atoms with van der Waals surface area (Å²) in [6.07, 6.45) is 4.24. The van der Waals surface area contributed by atoms with E-state index >= 15 is 0 Å². The molecular weight excluding hydrogens is 346 g/mol. The van der Waals surface area contributed by atoms with Crippen LogP contribution in [0.1, 0.15) is 58.8 Å². The molecule has 2 heterocycles. The van der Waals surface area contributed by atoms with Gasteiger partial charge in [0, 0.05) is 17.1 Å². The summed E-state index contributed by atoms with van der Waals surface area (Å²) < 4.78 is 0. The fraction of sp³-hybridized carbons (Fsp3) is 0.417. The van der Waals surface area contributed by atoms with E-state index in [9.17, 15) is 10.1 Å². The van der Waals surface area contributed by atoms with Crippen molar-refractivity contribution >= 4 is 5.91 Å². The van der Waals surface area contributed by atoms with E-state index in [0.29, 0.717) is 12.6 Å². The molecule has 0 aliphatic carbocycles. The highest BCUT2D eigenvalue weighted by atomic mass is 16.1. The number of carbonyl (C=O) groups is 1. The highest BCUT2D eigenvalue weighted by molar-refractivity contribution is 5.97. The molecular formula is C24H27N3O. The molecule has 2 bridgehead atoms. The minimum atomic E-state index is -0.173. The molecule has 2 saturated heterocycles. The minimum Gasteiger partial charge on any atom is -0.343 e. The standard InChI is InChI=1S/C24H27N3O/c1-17-7-6-8-18(2)21(17)23(28)26-22(19-9-4-3-5-10-19)24-13-11-20(12-14-24)27(24)16-15-25/h3-10,20,22H,11-14,16H2,1-2H3,(H,26,28)/t20?,22-,24?/m1/s1. The van der Waals surface area contributed by atoms with E-state index in [4.69, 9.17) is 0 Å². The third kappa shape index (κ3) is 3.00. The largest absolute Gasteiger partial charge is 0.343 e. The maximum absolute atomic E-state index is 13.4. The van der Waals surface area contributed by atoms with Gasteiger partial charge in [0.2, 0.25) is 0 Å². The molecule has 1 N–H and O–H groups in total. The summed E-state index contributed by atoms with van der Waals surface area (Å²) in [5, 5.41) is 12.8. The molecule has 0 radical (unpaired) electrons. The molecule has 2 aromatic rings. The van der Waals surface area contributed by atoms with Gasteiger partial charge in [0.1, 0.15) is 0 Å². The lowest BCUT2D eigenvalue weighted by atomic mass is 9.78. The average molecular weight is 374 g/mol. The highest BCUT2D eigenvalue weighted by Crippen LogP contribution is 2.52. The second-order valence-corrected chi connectivity index (χ2v) is 8.20. The predicted octanol–water partition coefficient (Wildman–Crippen LogP) is 4.30. The molecule has 2 aliphatic rings. The number of rotatable bonds is 5. The van der Waals surface area contributed by atoms with Crippen molar-refractivity contribution in [3.8, 4) is 6.07 Å². The summed E-state index contributed by atoms with van der Waals surface area (Å²) >= 11 is 0. The van der Waals surface area contributed by atoms with Gasteiger partial charge in [-0.1, -0.05) is 48.5 Å². The van der Waals surface area contributed by atoms with Crippen LogP contribution in [0, 0.1) is 25.2 Å².